The van der Waals surface area contributed by atoms with E-state index in [-0.39, 0.29) is 0 Å². The lowest BCUT2D eigenvalue weighted by Crippen LogP contribution is -2.33. The Morgan fingerprint density at radius 2 is 0.731 bits per heavy atom. The van der Waals surface area contributed by atoms with E-state index in [1.165, 1.54) is 21.5 Å². The molecule has 1 spiro atoms. The van der Waals surface area contributed by atoms with Gasteiger partial charge >= 0.3 is 0 Å². The lowest BCUT2D eigenvalue weighted by molar-refractivity contribution is 0.433. The van der Waals surface area contributed by atoms with Crippen molar-refractivity contribution in [1.29, 1.82) is 0 Å². The molecule has 52 heavy (non-hydrogen) atoms. The Bertz CT molecular complexity index is 2810. The fourth-order valence-electron chi connectivity index (χ4n) is 9.34. The van der Waals surface area contributed by atoms with Crippen molar-refractivity contribution in [3.05, 3.63) is 192 Å². The Hall–Kier alpha value is -6.98. The molecule has 0 saturated carbocycles. The van der Waals surface area contributed by atoms with E-state index in [4.69, 9.17) is 14.7 Å². The van der Waals surface area contributed by atoms with Crippen LogP contribution in [-0.2, 0) is 5.41 Å². The Morgan fingerprint density at radius 1 is 0.365 bits per heavy atom. The summed E-state index contributed by atoms with van der Waals surface area (Å²) in [5, 5.41) is 4.82. The van der Waals surface area contributed by atoms with Crippen molar-refractivity contribution < 1.29 is 4.74 Å². The van der Waals surface area contributed by atoms with Gasteiger partial charge in [-0.2, -0.15) is 0 Å². The van der Waals surface area contributed by atoms with Crippen LogP contribution in [0.2, 0.25) is 0 Å². The van der Waals surface area contributed by atoms with Crippen molar-refractivity contribution in [2.75, 3.05) is 0 Å². The quantitative estimate of drug-likeness (QED) is 0.185. The number of hydrogen-bond acceptors (Lipinski definition) is 3. The van der Waals surface area contributed by atoms with Gasteiger partial charge in [0.05, 0.1) is 50.2 Å². The minimum Gasteiger partial charge on any atom is -0.452 e. The second kappa shape index (κ2) is 10.1. The van der Waals surface area contributed by atoms with Crippen LogP contribution in [0.5, 0.6) is 11.5 Å². The number of fused-ring (bicyclic) bond motifs is 15. The first-order valence-electron chi connectivity index (χ1n) is 17.7. The normalized spacial score (nSPS) is 13.7. The highest BCUT2D eigenvalue weighted by molar-refractivity contribution is 6.10. The van der Waals surface area contributed by atoms with Crippen molar-refractivity contribution in [2.24, 2.45) is 0 Å². The molecule has 0 atom stereocenters. The fourth-order valence-corrected chi connectivity index (χ4v) is 9.34. The lowest BCUT2D eigenvalue weighted by atomic mass is 9.66. The van der Waals surface area contributed by atoms with E-state index < -0.39 is 5.41 Å². The van der Waals surface area contributed by atoms with E-state index >= 15 is 0 Å². The van der Waals surface area contributed by atoms with Crippen LogP contribution in [0.1, 0.15) is 22.3 Å². The summed E-state index contributed by atoms with van der Waals surface area (Å²) >= 11 is 0. The summed E-state index contributed by atoms with van der Waals surface area (Å²) in [6, 6.07) is 56.4. The molecule has 2 aliphatic rings. The number of pyridine rings is 2. The van der Waals surface area contributed by atoms with E-state index in [2.05, 4.69) is 167 Å². The first-order valence-corrected chi connectivity index (χ1v) is 17.7. The SMILES string of the molecule is c1cnc2c(c1)C1(c3cccnc3-2)c2cccc(-n3c4ccccc4c4ccccc43)c2Oc2c(-n3c4ccccc4c4ccccc43)cccc21. The molecule has 6 aromatic carbocycles. The third kappa shape index (κ3) is 3.33. The molecule has 0 N–H and O–H groups in total. The highest BCUT2D eigenvalue weighted by Gasteiger charge is 2.53. The molecule has 1 aliphatic heterocycles. The maximum atomic E-state index is 7.52. The average Bonchev–Trinajstić information content (AvgIpc) is 3.83. The van der Waals surface area contributed by atoms with Gasteiger partial charge in [-0.15, -0.1) is 0 Å². The van der Waals surface area contributed by atoms with E-state index in [0.717, 1.165) is 78.6 Å². The summed E-state index contributed by atoms with van der Waals surface area (Å²) in [5.41, 5.74) is 11.9. The van der Waals surface area contributed by atoms with Crippen molar-refractivity contribution in [2.45, 2.75) is 5.41 Å². The Balaban J connectivity index is 1.26. The average molecular weight is 665 g/mol. The number of ether oxygens (including phenoxy) is 1. The third-order valence-electron chi connectivity index (χ3n) is 11.3. The molecule has 12 rings (SSSR count). The number of aromatic nitrogens is 4. The molecule has 0 fully saturated rings. The van der Waals surface area contributed by atoms with Gasteiger partial charge in [-0.1, -0.05) is 109 Å². The molecule has 5 heteroatoms. The van der Waals surface area contributed by atoms with Crippen LogP contribution in [0, 0.1) is 0 Å². The minimum atomic E-state index is -0.736. The molecule has 5 nitrogen and oxygen atoms in total. The molecule has 0 saturated heterocycles. The molecule has 5 heterocycles. The number of rotatable bonds is 2. The standard InChI is InChI=1S/C47H28N4O/c1-5-21-37-29(13-1)30-14-2-6-22-38(30)50(37)41-25-9-17-35-45(41)52-46-36(47(35)33-19-11-27-48-43(33)44-34(47)20-12-28-49-44)18-10-26-42(46)51-39-23-7-3-15-31(39)32-16-4-8-24-40(32)51/h1-28H. The molecule has 0 amide bonds. The summed E-state index contributed by atoms with van der Waals surface area (Å²) in [5.74, 6) is 1.64. The summed E-state index contributed by atoms with van der Waals surface area (Å²) in [6.07, 6.45) is 3.75. The topological polar surface area (TPSA) is 44.9 Å². The van der Waals surface area contributed by atoms with Gasteiger partial charge in [-0.3, -0.25) is 9.97 Å². The number of benzene rings is 6. The predicted molar refractivity (Wildman–Crippen MR) is 208 cm³/mol. The largest absolute Gasteiger partial charge is 0.452 e. The number of para-hydroxylation sites is 6. The summed E-state index contributed by atoms with van der Waals surface area (Å²) in [4.78, 5) is 9.98. The Labute approximate surface area is 298 Å². The zero-order chi connectivity index (χ0) is 34.0. The van der Waals surface area contributed by atoms with E-state index in [1.807, 2.05) is 12.4 Å². The van der Waals surface area contributed by atoms with Crippen LogP contribution in [0.15, 0.2) is 170 Å². The van der Waals surface area contributed by atoms with Crippen LogP contribution >= 0.6 is 0 Å². The van der Waals surface area contributed by atoms with Gasteiger partial charge in [-0.05, 0) is 59.7 Å². The molecule has 242 valence electrons. The van der Waals surface area contributed by atoms with Crippen molar-refractivity contribution in [3.63, 3.8) is 0 Å². The van der Waals surface area contributed by atoms with Gasteiger partial charge < -0.3 is 13.9 Å². The van der Waals surface area contributed by atoms with Crippen LogP contribution in [0.25, 0.3) is 66.4 Å². The van der Waals surface area contributed by atoms with Crippen LogP contribution in [0.3, 0.4) is 0 Å². The molecule has 1 aliphatic carbocycles. The summed E-state index contributed by atoms with van der Waals surface area (Å²) in [6.45, 7) is 0. The fraction of sp³-hybridized carbons (Fsp3) is 0.0213. The third-order valence-corrected chi connectivity index (χ3v) is 11.3. The molecule has 0 radical (unpaired) electrons. The zero-order valence-electron chi connectivity index (χ0n) is 27.9. The van der Waals surface area contributed by atoms with Crippen LogP contribution in [-0.4, -0.2) is 19.1 Å². The smallest absolute Gasteiger partial charge is 0.156 e. The first-order chi connectivity index (χ1) is 25.8. The van der Waals surface area contributed by atoms with Crippen molar-refractivity contribution in [1.82, 2.24) is 19.1 Å². The Kier molecular flexibility index (Phi) is 5.37. The lowest BCUT2D eigenvalue weighted by Gasteiger charge is -2.40. The number of hydrogen-bond donors (Lipinski definition) is 0. The van der Waals surface area contributed by atoms with Gasteiger partial charge in [0.2, 0.25) is 0 Å². The Morgan fingerprint density at radius 3 is 1.13 bits per heavy atom. The molecular weight excluding hydrogens is 637 g/mol. The minimum absolute atomic E-state index is 0.736. The monoisotopic (exact) mass is 664 g/mol. The maximum Gasteiger partial charge on any atom is 0.156 e. The van der Waals surface area contributed by atoms with E-state index in [9.17, 15) is 0 Å². The van der Waals surface area contributed by atoms with Crippen LogP contribution in [0.4, 0.5) is 0 Å². The first kappa shape index (κ1) is 27.8. The molecule has 0 bridgehead atoms. The van der Waals surface area contributed by atoms with Gasteiger partial charge in [-0.25, -0.2) is 0 Å². The molecule has 0 unspecified atom stereocenters. The van der Waals surface area contributed by atoms with Gasteiger partial charge in [0.25, 0.3) is 0 Å². The summed E-state index contributed by atoms with van der Waals surface area (Å²) in [7, 11) is 0. The van der Waals surface area contributed by atoms with Gasteiger partial charge in [0.1, 0.15) is 0 Å². The van der Waals surface area contributed by atoms with Crippen LogP contribution < -0.4 is 4.74 Å². The molecule has 4 aromatic heterocycles. The molecular formula is C47H28N4O. The second-order valence-electron chi connectivity index (χ2n) is 13.7. The van der Waals surface area contributed by atoms with E-state index in [0.29, 0.717) is 0 Å². The second-order valence-corrected chi connectivity index (χ2v) is 13.7. The van der Waals surface area contributed by atoms with Gasteiger partial charge in [0.15, 0.2) is 11.5 Å². The highest BCUT2D eigenvalue weighted by atomic mass is 16.5. The zero-order valence-corrected chi connectivity index (χ0v) is 27.9. The summed E-state index contributed by atoms with van der Waals surface area (Å²) < 4.78 is 12.3. The molecule has 10 aromatic rings. The van der Waals surface area contributed by atoms with Crippen molar-refractivity contribution in [3.8, 4) is 34.3 Å². The van der Waals surface area contributed by atoms with Gasteiger partial charge in [0, 0.05) is 45.1 Å². The highest BCUT2D eigenvalue weighted by Crippen LogP contribution is 2.63. The van der Waals surface area contributed by atoms with Crippen molar-refractivity contribution >= 4 is 43.6 Å². The predicted octanol–water partition coefficient (Wildman–Crippen LogP) is 11.1. The van der Waals surface area contributed by atoms with E-state index in [1.54, 1.807) is 0 Å². The number of nitrogens with zero attached hydrogens (tertiary/aromatic N) is 4. The maximum absolute atomic E-state index is 7.52.